The Morgan fingerprint density at radius 2 is 2.23 bits per heavy atom. The van der Waals surface area contributed by atoms with E-state index in [-0.39, 0.29) is 0 Å². The lowest BCUT2D eigenvalue weighted by Gasteiger charge is -2.03. The monoisotopic (exact) mass is 194 g/mol. The van der Waals surface area contributed by atoms with E-state index in [1.54, 1.807) is 10.3 Å². The highest BCUT2D eigenvalue weighted by Crippen LogP contribution is 2.24. The summed E-state index contributed by atoms with van der Waals surface area (Å²) >= 11 is 6.11. The average Bonchev–Trinajstić information content (AvgIpc) is 2.45. The van der Waals surface area contributed by atoms with Crippen molar-refractivity contribution in [1.82, 2.24) is 9.07 Å². The first kappa shape index (κ1) is 8.57. The van der Waals surface area contributed by atoms with Crippen LogP contribution < -0.4 is 0 Å². The molecule has 0 N–H and O–H groups in total. The molecule has 0 aliphatic carbocycles. The molecule has 0 amide bonds. The third kappa shape index (κ3) is 1.31. The van der Waals surface area contributed by atoms with Gasteiger partial charge in [-0.2, -0.15) is 0 Å². The zero-order chi connectivity index (χ0) is 9.42. The minimum atomic E-state index is 0.423. The van der Waals surface area contributed by atoms with Crippen LogP contribution in [0.1, 0.15) is 25.5 Å². The van der Waals surface area contributed by atoms with Crippen LogP contribution in [0, 0.1) is 0 Å². The number of halogens is 1. The molecule has 2 rings (SSSR count). The fourth-order valence-corrected chi connectivity index (χ4v) is 1.80. The van der Waals surface area contributed by atoms with Gasteiger partial charge in [0.2, 0.25) is 0 Å². The highest BCUT2D eigenvalue weighted by molar-refractivity contribution is 6.19. The van der Waals surface area contributed by atoms with Crippen LogP contribution in [-0.2, 0) is 0 Å². The second-order valence-electron chi connectivity index (χ2n) is 3.42. The van der Waals surface area contributed by atoms with Crippen molar-refractivity contribution in [1.29, 1.82) is 0 Å². The van der Waals surface area contributed by atoms with Crippen LogP contribution in [0.3, 0.4) is 0 Å². The summed E-state index contributed by atoms with van der Waals surface area (Å²) in [4.78, 5) is 4.21. The third-order valence-electron chi connectivity index (χ3n) is 2.12. The standard InChI is InChI=1S/C10H11ClN2/c1-7(2)9-6-8-4-3-5-12-10(8)13(9)11/h3-7H,1-2H3. The van der Waals surface area contributed by atoms with Gasteiger partial charge in [0.25, 0.3) is 0 Å². The second-order valence-corrected chi connectivity index (χ2v) is 3.76. The molecular formula is C10H11ClN2. The maximum Gasteiger partial charge on any atom is 0.154 e. The van der Waals surface area contributed by atoms with E-state index in [0.717, 1.165) is 16.7 Å². The van der Waals surface area contributed by atoms with Crippen molar-refractivity contribution in [3.63, 3.8) is 0 Å². The Hall–Kier alpha value is -1.02. The average molecular weight is 195 g/mol. The number of pyridine rings is 1. The number of hydrogen-bond acceptors (Lipinski definition) is 1. The molecule has 0 aliphatic rings. The fraction of sp³-hybridized carbons (Fsp3) is 0.300. The Labute approximate surface area is 82.3 Å². The Morgan fingerprint density at radius 1 is 1.46 bits per heavy atom. The predicted octanol–water partition coefficient (Wildman–Crippen LogP) is 3.16. The highest BCUT2D eigenvalue weighted by atomic mass is 35.5. The van der Waals surface area contributed by atoms with Gasteiger partial charge in [0.1, 0.15) is 0 Å². The first-order chi connectivity index (χ1) is 6.20. The zero-order valence-electron chi connectivity index (χ0n) is 7.66. The van der Waals surface area contributed by atoms with Crippen LogP contribution in [-0.4, -0.2) is 9.07 Å². The quantitative estimate of drug-likeness (QED) is 0.682. The number of rotatable bonds is 1. The molecule has 0 spiro atoms. The molecule has 2 aromatic rings. The summed E-state index contributed by atoms with van der Waals surface area (Å²) < 4.78 is 1.64. The Bertz CT molecular complexity index is 431. The van der Waals surface area contributed by atoms with Gasteiger partial charge in [0.15, 0.2) is 5.65 Å². The van der Waals surface area contributed by atoms with E-state index >= 15 is 0 Å². The maximum atomic E-state index is 6.11. The minimum absolute atomic E-state index is 0.423. The third-order valence-corrected chi connectivity index (χ3v) is 2.48. The maximum absolute atomic E-state index is 6.11. The number of fused-ring (bicyclic) bond motifs is 1. The van der Waals surface area contributed by atoms with Gasteiger partial charge < -0.3 is 0 Å². The van der Waals surface area contributed by atoms with Crippen LogP contribution in [0.5, 0.6) is 0 Å². The molecule has 0 aliphatic heterocycles. The summed E-state index contributed by atoms with van der Waals surface area (Å²) in [7, 11) is 0. The van der Waals surface area contributed by atoms with Crippen molar-refractivity contribution in [2.75, 3.05) is 0 Å². The molecule has 0 saturated carbocycles. The van der Waals surface area contributed by atoms with Gasteiger partial charge in [-0.3, -0.25) is 0 Å². The summed E-state index contributed by atoms with van der Waals surface area (Å²) in [6, 6.07) is 6.02. The minimum Gasteiger partial charge on any atom is -0.240 e. The van der Waals surface area contributed by atoms with E-state index in [4.69, 9.17) is 11.8 Å². The summed E-state index contributed by atoms with van der Waals surface area (Å²) in [5.41, 5.74) is 1.95. The summed E-state index contributed by atoms with van der Waals surface area (Å²) in [6.45, 7) is 4.24. The van der Waals surface area contributed by atoms with Crippen molar-refractivity contribution in [2.24, 2.45) is 0 Å². The molecule has 2 aromatic heterocycles. The Kier molecular flexibility index (Phi) is 2.00. The molecule has 2 nitrogen and oxygen atoms in total. The van der Waals surface area contributed by atoms with Crippen molar-refractivity contribution in [3.8, 4) is 0 Å². The fourth-order valence-electron chi connectivity index (χ4n) is 1.42. The van der Waals surface area contributed by atoms with Gasteiger partial charge in [-0.05, 0) is 24.1 Å². The lowest BCUT2D eigenvalue weighted by molar-refractivity contribution is 0.818. The van der Waals surface area contributed by atoms with E-state index in [1.165, 1.54) is 0 Å². The van der Waals surface area contributed by atoms with Crippen molar-refractivity contribution in [3.05, 3.63) is 30.1 Å². The van der Waals surface area contributed by atoms with Gasteiger partial charge >= 0.3 is 0 Å². The molecule has 0 radical (unpaired) electrons. The Morgan fingerprint density at radius 3 is 2.85 bits per heavy atom. The first-order valence-electron chi connectivity index (χ1n) is 4.32. The van der Waals surface area contributed by atoms with Crippen LogP contribution in [0.2, 0.25) is 0 Å². The molecule has 0 aromatic carbocycles. The topological polar surface area (TPSA) is 17.8 Å². The molecule has 0 atom stereocenters. The molecule has 3 heteroatoms. The number of aromatic nitrogens is 2. The highest BCUT2D eigenvalue weighted by Gasteiger charge is 2.10. The van der Waals surface area contributed by atoms with E-state index in [9.17, 15) is 0 Å². The molecule has 0 unspecified atom stereocenters. The van der Waals surface area contributed by atoms with Crippen molar-refractivity contribution >= 4 is 22.8 Å². The number of nitrogens with zero attached hydrogens (tertiary/aromatic N) is 2. The van der Waals surface area contributed by atoms with Crippen LogP contribution >= 0.6 is 11.8 Å². The lowest BCUT2D eigenvalue weighted by atomic mass is 10.1. The molecule has 13 heavy (non-hydrogen) atoms. The number of hydrogen-bond donors (Lipinski definition) is 0. The Balaban J connectivity index is 2.74. The predicted molar refractivity (Wildman–Crippen MR) is 55.1 cm³/mol. The van der Waals surface area contributed by atoms with Gasteiger partial charge in [-0.25, -0.2) is 9.07 Å². The SMILES string of the molecule is CC(C)c1cc2cccnc2n1Cl. The molecule has 0 saturated heterocycles. The first-order valence-corrected chi connectivity index (χ1v) is 4.66. The van der Waals surface area contributed by atoms with Crippen LogP contribution in [0.25, 0.3) is 11.0 Å². The van der Waals surface area contributed by atoms with Gasteiger partial charge in [0.05, 0.1) is 0 Å². The second kappa shape index (κ2) is 3.04. The largest absolute Gasteiger partial charge is 0.240 e. The summed E-state index contributed by atoms with van der Waals surface area (Å²) in [5, 5.41) is 1.10. The van der Waals surface area contributed by atoms with E-state index in [2.05, 4.69) is 24.9 Å². The smallest absolute Gasteiger partial charge is 0.154 e. The van der Waals surface area contributed by atoms with Crippen molar-refractivity contribution in [2.45, 2.75) is 19.8 Å². The summed E-state index contributed by atoms with van der Waals surface area (Å²) in [5.74, 6) is 0.423. The summed E-state index contributed by atoms with van der Waals surface area (Å²) in [6.07, 6.45) is 1.76. The molecule has 2 heterocycles. The normalized spacial score (nSPS) is 11.4. The van der Waals surface area contributed by atoms with Crippen LogP contribution in [0.15, 0.2) is 24.4 Å². The molecule has 0 bridgehead atoms. The van der Waals surface area contributed by atoms with Crippen molar-refractivity contribution < 1.29 is 0 Å². The zero-order valence-corrected chi connectivity index (χ0v) is 8.42. The van der Waals surface area contributed by atoms with E-state index < -0.39 is 0 Å². The van der Waals surface area contributed by atoms with E-state index in [1.807, 2.05) is 12.1 Å². The molecule has 0 fully saturated rings. The molecule has 68 valence electrons. The molecular weight excluding hydrogens is 184 g/mol. The van der Waals surface area contributed by atoms with Gasteiger partial charge in [-0.15, -0.1) is 0 Å². The lowest BCUT2D eigenvalue weighted by Crippen LogP contribution is -1.93. The van der Waals surface area contributed by atoms with E-state index in [0.29, 0.717) is 5.92 Å². The van der Waals surface area contributed by atoms with Crippen LogP contribution in [0.4, 0.5) is 0 Å². The van der Waals surface area contributed by atoms with Gasteiger partial charge in [-0.1, -0.05) is 13.8 Å². The van der Waals surface area contributed by atoms with Gasteiger partial charge in [0, 0.05) is 29.1 Å².